The molecule has 2 heterocycles. The highest BCUT2D eigenvalue weighted by molar-refractivity contribution is 5.84. The summed E-state index contributed by atoms with van der Waals surface area (Å²) in [5.41, 5.74) is 0.907. The van der Waals surface area contributed by atoms with Gasteiger partial charge in [0.25, 0.3) is 0 Å². The zero-order valence-electron chi connectivity index (χ0n) is 17.3. The Bertz CT molecular complexity index is 848. The van der Waals surface area contributed by atoms with Crippen molar-refractivity contribution in [3.8, 4) is 11.5 Å². The van der Waals surface area contributed by atoms with E-state index in [1.165, 1.54) is 4.90 Å². The van der Waals surface area contributed by atoms with Crippen LogP contribution in [0.4, 0.5) is 4.79 Å². The normalized spacial score (nSPS) is 12.2. The summed E-state index contributed by atoms with van der Waals surface area (Å²) in [5, 5.41) is 0. The van der Waals surface area contributed by atoms with E-state index in [1.807, 2.05) is 38.1 Å². The fraction of sp³-hybridized carbons (Fsp3) is 0.429. The summed E-state index contributed by atoms with van der Waals surface area (Å²) in [6.07, 6.45) is 1.58. The van der Waals surface area contributed by atoms with Gasteiger partial charge in [0, 0.05) is 26.7 Å². The minimum atomic E-state index is -0.200. The monoisotopic (exact) mass is 401 g/mol. The molecule has 1 aromatic heterocycles. The molecule has 29 heavy (non-hydrogen) atoms. The zero-order valence-corrected chi connectivity index (χ0v) is 17.3. The molecule has 0 unspecified atom stereocenters. The number of amides is 3. The van der Waals surface area contributed by atoms with Crippen LogP contribution in [0, 0.1) is 0 Å². The predicted octanol–water partition coefficient (Wildman–Crippen LogP) is 2.93. The smallest absolute Gasteiger partial charge is 0.320 e. The lowest BCUT2D eigenvalue weighted by Gasteiger charge is -2.31. The van der Waals surface area contributed by atoms with E-state index >= 15 is 0 Å². The van der Waals surface area contributed by atoms with Crippen molar-refractivity contribution >= 4 is 11.9 Å². The van der Waals surface area contributed by atoms with Crippen LogP contribution in [0.5, 0.6) is 11.5 Å². The Morgan fingerprint density at radius 1 is 1.07 bits per heavy atom. The number of carbonyl (C=O) groups excluding carboxylic acids is 2. The van der Waals surface area contributed by atoms with Crippen LogP contribution in [0.25, 0.3) is 0 Å². The van der Waals surface area contributed by atoms with Gasteiger partial charge in [-0.25, -0.2) is 4.79 Å². The summed E-state index contributed by atoms with van der Waals surface area (Å²) in [7, 11) is 3.35. The second-order valence-corrected chi connectivity index (χ2v) is 7.42. The van der Waals surface area contributed by atoms with Crippen LogP contribution in [-0.4, -0.2) is 60.1 Å². The molecule has 0 spiro atoms. The molecule has 0 aliphatic carbocycles. The number of hydrogen-bond donors (Lipinski definition) is 0. The fourth-order valence-electron chi connectivity index (χ4n) is 3.06. The largest absolute Gasteiger partial charge is 0.467 e. The van der Waals surface area contributed by atoms with E-state index in [1.54, 1.807) is 36.2 Å². The Balaban J connectivity index is 1.78. The van der Waals surface area contributed by atoms with Crippen molar-refractivity contribution in [2.24, 2.45) is 0 Å². The van der Waals surface area contributed by atoms with Gasteiger partial charge in [-0.15, -0.1) is 0 Å². The minimum absolute atomic E-state index is 0.0139. The van der Waals surface area contributed by atoms with Gasteiger partial charge in [0.05, 0.1) is 12.8 Å². The second-order valence-electron chi connectivity index (χ2n) is 7.42. The SMILES string of the molecule is CC(C)N(CC(=O)N(Cc1ccc2c(c1)OCO2)Cc1ccco1)C(=O)N(C)C. The van der Waals surface area contributed by atoms with E-state index < -0.39 is 0 Å². The number of fused-ring (bicyclic) bond motifs is 1. The number of ether oxygens (including phenoxy) is 2. The summed E-state index contributed by atoms with van der Waals surface area (Å²) in [4.78, 5) is 30.3. The average molecular weight is 401 g/mol. The van der Waals surface area contributed by atoms with Crippen LogP contribution in [0.2, 0.25) is 0 Å². The first-order chi connectivity index (χ1) is 13.8. The van der Waals surface area contributed by atoms with Crippen molar-refractivity contribution < 1.29 is 23.5 Å². The standard InChI is InChI=1S/C21H27N3O5/c1-15(2)24(21(26)22(3)4)13-20(25)23(12-17-6-5-9-27-17)11-16-7-8-18-19(10-16)29-14-28-18/h5-10,15H,11-14H2,1-4H3. The first-order valence-electron chi connectivity index (χ1n) is 9.51. The molecule has 0 radical (unpaired) electrons. The van der Waals surface area contributed by atoms with Gasteiger partial charge >= 0.3 is 6.03 Å². The molecule has 1 aliphatic heterocycles. The van der Waals surface area contributed by atoms with Crippen LogP contribution < -0.4 is 9.47 Å². The highest BCUT2D eigenvalue weighted by Crippen LogP contribution is 2.33. The Kier molecular flexibility index (Phi) is 6.31. The van der Waals surface area contributed by atoms with Crippen molar-refractivity contribution in [3.63, 3.8) is 0 Å². The molecule has 0 saturated carbocycles. The minimum Gasteiger partial charge on any atom is -0.467 e. The molecule has 8 heteroatoms. The van der Waals surface area contributed by atoms with E-state index in [-0.39, 0.29) is 31.3 Å². The maximum atomic E-state index is 13.2. The molecule has 1 aromatic carbocycles. The number of rotatable bonds is 7. The van der Waals surface area contributed by atoms with Gasteiger partial charge in [0.15, 0.2) is 11.5 Å². The molecule has 3 amide bonds. The highest BCUT2D eigenvalue weighted by Gasteiger charge is 2.25. The molecule has 0 saturated heterocycles. The van der Waals surface area contributed by atoms with Crippen LogP contribution in [-0.2, 0) is 17.9 Å². The second kappa shape index (κ2) is 8.89. The Hall–Kier alpha value is -3.16. The topological polar surface area (TPSA) is 75.5 Å². The molecule has 0 bridgehead atoms. The van der Waals surface area contributed by atoms with Crippen LogP contribution in [0.1, 0.15) is 25.2 Å². The van der Waals surface area contributed by atoms with Gasteiger partial charge in [-0.3, -0.25) is 4.79 Å². The van der Waals surface area contributed by atoms with Gasteiger partial charge < -0.3 is 28.6 Å². The highest BCUT2D eigenvalue weighted by atomic mass is 16.7. The van der Waals surface area contributed by atoms with Crippen molar-refractivity contribution in [2.45, 2.75) is 33.0 Å². The first-order valence-corrected chi connectivity index (χ1v) is 9.51. The summed E-state index contributed by atoms with van der Waals surface area (Å²) < 4.78 is 16.2. The molecule has 1 aliphatic rings. The van der Waals surface area contributed by atoms with Gasteiger partial charge in [-0.1, -0.05) is 6.07 Å². The number of nitrogens with zero attached hydrogens (tertiary/aromatic N) is 3. The van der Waals surface area contributed by atoms with Crippen LogP contribution in [0.15, 0.2) is 41.0 Å². The maximum absolute atomic E-state index is 13.2. The van der Waals surface area contributed by atoms with Crippen molar-refractivity contribution in [2.75, 3.05) is 27.4 Å². The third-order valence-corrected chi connectivity index (χ3v) is 4.65. The summed E-state index contributed by atoms with van der Waals surface area (Å²) in [6, 6.07) is 8.92. The molecule has 8 nitrogen and oxygen atoms in total. The Labute approximate surface area is 170 Å². The van der Waals surface area contributed by atoms with E-state index in [0.29, 0.717) is 30.3 Å². The lowest BCUT2D eigenvalue weighted by atomic mass is 10.1. The quantitative estimate of drug-likeness (QED) is 0.713. The van der Waals surface area contributed by atoms with Crippen LogP contribution >= 0.6 is 0 Å². The number of carbonyl (C=O) groups is 2. The lowest BCUT2D eigenvalue weighted by molar-refractivity contribution is -0.133. The summed E-state index contributed by atoms with van der Waals surface area (Å²) >= 11 is 0. The van der Waals surface area contributed by atoms with Gasteiger partial charge in [0.1, 0.15) is 12.3 Å². The third-order valence-electron chi connectivity index (χ3n) is 4.65. The van der Waals surface area contributed by atoms with Gasteiger partial charge in [0.2, 0.25) is 12.7 Å². The molecule has 156 valence electrons. The molecule has 3 rings (SSSR count). The molecule has 0 N–H and O–H groups in total. The fourth-order valence-corrected chi connectivity index (χ4v) is 3.06. The first kappa shape index (κ1) is 20.6. The number of furan rings is 1. The summed E-state index contributed by atoms with van der Waals surface area (Å²) in [5.74, 6) is 1.87. The zero-order chi connectivity index (χ0) is 21.0. The number of urea groups is 1. The van der Waals surface area contributed by atoms with E-state index in [0.717, 1.165) is 5.56 Å². The molecular formula is C21H27N3O5. The third kappa shape index (κ3) is 5.01. The Morgan fingerprint density at radius 2 is 1.83 bits per heavy atom. The van der Waals surface area contributed by atoms with E-state index in [2.05, 4.69) is 0 Å². The number of benzene rings is 1. The van der Waals surface area contributed by atoms with Gasteiger partial charge in [-0.2, -0.15) is 0 Å². The molecule has 2 aromatic rings. The predicted molar refractivity (Wildman–Crippen MR) is 106 cm³/mol. The summed E-state index contributed by atoms with van der Waals surface area (Å²) in [6.45, 7) is 4.64. The van der Waals surface area contributed by atoms with Crippen LogP contribution in [0.3, 0.4) is 0 Å². The number of hydrogen-bond acceptors (Lipinski definition) is 5. The van der Waals surface area contributed by atoms with E-state index in [9.17, 15) is 9.59 Å². The van der Waals surface area contributed by atoms with Gasteiger partial charge in [-0.05, 0) is 43.7 Å². The van der Waals surface area contributed by atoms with Crippen molar-refractivity contribution in [1.29, 1.82) is 0 Å². The van der Waals surface area contributed by atoms with E-state index in [4.69, 9.17) is 13.9 Å². The molecule has 0 atom stereocenters. The molecule has 0 fully saturated rings. The van der Waals surface area contributed by atoms with Crippen molar-refractivity contribution in [1.82, 2.24) is 14.7 Å². The van der Waals surface area contributed by atoms with Crippen molar-refractivity contribution in [3.05, 3.63) is 47.9 Å². The average Bonchev–Trinajstić information content (AvgIpc) is 3.35. The Morgan fingerprint density at radius 3 is 2.48 bits per heavy atom. The maximum Gasteiger partial charge on any atom is 0.320 e. The lowest BCUT2D eigenvalue weighted by Crippen LogP contribution is -2.49. The molecular weight excluding hydrogens is 374 g/mol.